The Balaban J connectivity index is 1.32. The third-order valence-electron chi connectivity index (χ3n) is 6.20. The van der Waals surface area contributed by atoms with Crippen molar-refractivity contribution in [2.75, 3.05) is 6.61 Å². The first-order valence-corrected chi connectivity index (χ1v) is 8.14. The zero-order valence-electron chi connectivity index (χ0n) is 11.8. The second-order valence-corrected chi connectivity index (χ2v) is 6.98. The van der Waals surface area contributed by atoms with Crippen molar-refractivity contribution < 1.29 is 4.74 Å². The molecule has 1 saturated heterocycles. The van der Waals surface area contributed by atoms with Gasteiger partial charge in [-0.2, -0.15) is 0 Å². The lowest BCUT2D eigenvalue weighted by atomic mass is 9.46. The minimum absolute atomic E-state index is 0.467. The molecule has 2 aliphatic carbocycles. The van der Waals surface area contributed by atoms with Crippen molar-refractivity contribution in [1.82, 2.24) is 20.1 Å². The number of hydrogen-bond donors (Lipinski definition) is 1. The lowest BCUT2D eigenvalue weighted by molar-refractivity contribution is -0.176. The summed E-state index contributed by atoms with van der Waals surface area (Å²) >= 11 is 0. The van der Waals surface area contributed by atoms with E-state index in [9.17, 15) is 0 Å². The molecule has 2 aliphatic heterocycles. The van der Waals surface area contributed by atoms with Crippen LogP contribution in [-0.2, 0) is 24.2 Å². The summed E-state index contributed by atoms with van der Waals surface area (Å²) in [5.41, 5.74) is 0.467. The van der Waals surface area contributed by atoms with E-state index < -0.39 is 0 Å². The number of fused-ring (bicyclic) bond motifs is 3. The van der Waals surface area contributed by atoms with Crippen molar-refractivity contribution in [2.45, 2.75) is 63.8 Å². The second-order valence-electron chi connectivity index (χ2n) is 6.98. The Kier molecular flexibility index (Phi) is 2.36. The topological polar surface area (TPSA) is 52.0 Å². The van der Waals surface area contributed by atoms with Gasteiger partial charge >= 0.3 is 0 Å². The molecule has 3 atom stereocenters. The van der Waals surface area contributed by atoms with Gasteiger partial charge < -0.3 is 14.6 Å². The van der Waals surface area contributed by atoms with E-state index in [4.69, 9.17) is 4.74 Å². The van der Waals surface area contributed by atoms with Crippen LogP contribution in [0.15, 0.2) is 0 Å². The fourth-order valence-corrected chi connectivity index (χ4v) is 5.10. The predicted octanol–water partition coefficient (Wildman–Crippen LogP) is 1.27. The highest BCUT2D eigenvalue weighted by Crippen LogP contribution is 2.62. The van der Waals surface area contributed by atoms with Gasteiger partial charge in [0, 0.05) is 36.9 Å². The highest BCUT2D eigenvalue weighted by atomic mass is 16.5. The van der Waals surface area contributed by atoms with E-state index in [1.165, 1.54) is 37.9 Å². The maximum atomic E-state index is 5.98. The Morgan fingerprint density at radius 2 is 2.25 bits per heavy atom. The molecule has 0 radical (unpaired) electrons. The molecular formula is C15H22N4O. The lowest BCUT2D eigenvalue weighted by Crippen LogP contribution is -2.70. The first-order chi connectivity index (χ1) is 9.88. The van der Waals surface area contributed by atoms with E-state index in [0.717, 1.165) is 37.9 Å². The van der Waals surface area contributed by atoms with Crippen LogP contribution in [-0.4, -0.2) is 33.5 Å². The van der Waals surface area contributed by atoms with E-state index in [2.05, 4.69) is 20.1 Å². The van der Waals surface area contributed by atoms with Crippen LogP contribution in [0.5, 0.6) is 0 Å². The molecule has 1 aromatic heterocycles. The van der Waals surface area contributed by atoms with Crippen LogP contribution in [0.25, 0.3) is 0 Å². The van der Waals surface area contributed by atoms with Gasteiger partial charge in [0.25, 0.3) is 0 Å². The summed E-state index contributed by atoms with van der Waals surface area (Å²) in [5, 5.41) is 12.5. The second kappa shape index (κ2) is 4.04. The van der Waals surface area contributed by atoms with E-state index in [1.807, 2.05) is 0 Å². The summed E-state index contributed by atoms with van der Waals surface area (Å²) in [6, 6.07) is 0.651. The highest BCUT2D eigenvalue weighted by molar-refractivity contribution is 5.18. The summed E-state index contributed by atoms with van der Waals surface area (Å²) < 4.78 is 8.29. The van der Waals surface area contributed by atoms with Gasteiger partial charge in [0.05, 0.1) is 12.6 Å². The first-order valence-electron chi connectivity index (χ1n) is 8.14. The van der Waals surface area contributed by atoms with Gasteiger partial charge in [-0.25, -0.2) is 0 Å². The van der Waals surface area contributed by atoms with Gasteiger partial charge in [-0.3, -0.25) is 0 Å². The Hall–Kier alpha value is -0.940. The van der Waals surface area contributed by atoms with E-state index in [0.29, 0.717) is 17.6 Å². The standard InChI is InChI=1S/C15H22N4O/c1-3-11-17-18-12(19(11)7-1)9-16-13-10-4-8-20-14(10)15(13)5-2-6-15/h10,13-14,16H,1-9H2/t10-,13?,14-/m1/s1. The zero-order chi connectivity index (χ0) is 13.2. The van der Waals surface area contributed by atoms with Crippen LogP contribution in [0.3, 0.4) is 0 Å². The van der Waals surface area contributed by atoms with Crippen LogP contribution < -0.4 is 5.32 Å². The maximum absolute atomic E-state index is 5.98. The summed E-state index contributed by atoms with van der Waals surface area (Å²) in [7, 11) is 0. The molecule has 4 aliphatic rings. The maximum Gasteiger partial charge on any atom is 0.147 e. The number of aromatic nitrogens is 3. The summed E-state index contributed by atoms with van der Waals surface area (Å²) in [6.07, 6.45) is 8.20. The summed E-state index contributed by atoms with van der Waals surface area (Å²) in [6.45, 7) is 2.95. The van der Waals surface area contributed by atoms with Gasteiger partial charge in [-0.05, 0) is 25.7 Å². The molecule has 20 heavy (non-hydrogen) atoms. The number of nitrogens with one attached hydrogen (secondary N) is 1. The smallest absolute Gasteiger partial charge is 0.147 e. The van der Waals surface area contributed by atoms with Crippen molar-refractivity contribution in [2.24, 2.45) is 11.3 Å². The number of ether oxygens (including phenoxy) is 1. The van der Waals surface area contributed by atoms with Crippen LogP contribution in [0.2, 0.25) is 0 Å². The normalized spacial score (nSPS) is 36.5. The Morgan fingerprint density at radius 1 is 1.30 bits per heavy atom. The molecular weight excluding hydrogens is 252 g/mol. The van der Waals surface area contributed by atoms with Crippen LogP contribution >= 0.6 is 0 Å². The number of nitrogens with zero attached hydrogens (tertiary/aromatic N) is 3. The van der Waals surface area contributed by atoms with Gasteiger partial charge in [-0.15, -0.1) is 10.2 Å². The van der Waals surface area contributed by atoms with Gasteiger partial charge in [0.15, 0.2) is 0 Å². The Bertz CT molecular complexity index is 536. The molecule has 108 valence electrons. The van der Waals surface area contributed by atoms with Crippen molar-refractivity contribution in [1.29, 1.82) is 0 Å². The average Bonchev–Trinajstić information content (AvgIpc) is 3.05. The molecule has 0 amide bonds. The number of hydrogen-bond acceptors (Lipinski definition) is 4. The minimum Gasteiger partial charge on any atom is -0.377 e. The molecule has 1 unspecified atom stereocenters. The number of rotatable bonds is 3. The SMILES string of the molecule is C1Cc2nnc(CNC3[C@H]4CCO[C@H]4C34CCC4)n2C1. The largest absolute Gasteiger partial charge is 0.377 e. The molecule has 5 nitrogen and oxygen atoms in total. The third kappa shape index (κ3) is 1.35. The van der Waals surface area contributed by atoms with E-state index in [1.54, 1.807) is 0 Å². The molecule has 0 aromatic carbocycles. The molecule has 1 N–H and O–H groups in total. The molecule has 3 heterocycles. The Morgan fingerprint density at radius 3 is 3.10 bits per heavy atom. The van der Waals surface area contributed by atoms with Crippen LogP contribution in [0.4, 0.5) is 0 Å². The fourth-order valence-electron chi connectivity index (χ4n) is 5.10. The minimum atomic E-state index is 0.467. The van der Waals surface area contributed by atoms with E-state index in [-0.39, 0.29) is 0 Å². The number of aryl methyl sites for hydroxylation is 1. The summed E-state index contributed by atoms with van der Waals surface area (Å²) in [5.74, 6) is 3.06. The first kappa shape index (κ1) is 11.7. The monoisotopic (exact) mass is 274 g/mol. The van der Waals surface area contributed by atoms with Gasteiger partial charge in [-0.1, -0.05) is 6.42 Å². The molecule has 0 bridgehead atoms. The quantitative estimate of drug-likeness (QED) is 0.902. The van der Waals surface area contributed by atoms with Crippen LogP contribution in [0, 0.1) is 11.3 Å². The molecule has 1 aromatic rings. The fraction of sp³-hybridized carbons (Fsp3) is 0.867. The van der Waals surface area contributed by atoms with Crippen molar-refractivity contribution in [3.05, 3.63) is 11.6 Å². The van der Waals surface area contributed by atoms with E-state index >= 15 is 0 Å². The zero-order valence-corrected chi connectivity index (χ0v) is 11.8. The third-order valence-corrected chi connectivity index (χ3v) is 6.20. The predicted molar refractivity (Wildman–Crippen MR) is 73.1 cm³/mol. The highest BCUT2D eigenvalue weighted by Gasteiger charge is 2.66. The van der Waals surface area contributed by atoms with Crippen molar-refractivity contribution in [3.8, 4) is 0 Å². The average molecular weight is 274 g/mol. The molecule has 1 spiro atoms. The molecule has 3 fully saturated rings. The molecule has 5 heteroatoms. The molecule has 2 saturated carbocycles. The molecule has 5 rings (SSSR count). The van der Waals surface area contributed by atoms with Gasteiger partial charge in [0.1, 0.15) is 11.6 Å². The van der Waals surface area contributed by atoms with Crippen molar-refractivity contribution in [3.63, 3.8) is 0 Å². The van der Waals surface area contributed by atoms with Crippen molar-refractivity contribution >= 4 is 0 Å². The summed E-state index contributed by atoms with van der Waals surface area (Å²) in [4.78, 5) is 0. The Labute approximate surface area is 119 Å². The van der Waals surface area contributed by atoms with Crippen LogP contribution in [0.1, 0.15) is 43.8 Å². The van der Waals surface area contributed by atoms with Gasteiger partial charge in [0.2, 0.25) is 0 Å². The lowest BCUT2D eigenvalue weighted by Gasteiger charge is -2.63.